The molecule has 1 aliphatic heterocycles. The molecule has 1 saturated carbocycles. The Morgan fingerprint density at radius 1 is 1.30 bits per heavy atom. The first-order valence-corrected chi connectivity index (χ1v) is 9.24. The fraction of sp³-hybridized carbons (Fsp3) is 0.938. The van der Waals surface area contributed by atoms with E-state index in [1.54, 1.807) is 0 Å². The van der Waals surface area contributed by atoms with Crippen LogP contribution in [0.4, 0.5) is 0 Å². The standard InChI is InChI=1S/C16H28BrNO2/c1-13-7-9-16(12-17,10-8-13)18-15(19)6-5-14-4-2-3-11-20-14/h13-14H,2-12H2,1H3,(H,18,19). The lowest BCUT2D eigenvalue weighted by molar-refractivity contribution is -0.124. The maximum atomic E-state index is 12.2. The van der Waals surface area contributed by atoms with Gasteiger partial charge in [0.2, 0.25) is 5.91 Å². The van der Waals surface area contributed by atoms with Crippen molar-refractivity contribution in [2.24, 2.45) is 5.92 Å². The van der Waals surface area contributed by atoms with E-state index in [2.05, 4.69) is 28.2 Å². The molecule has 0 spiro atoms. The number of alkyl halides is 1. The maximum absolute atomic E-state index is 12.2. The summed E-state index contributed by atoms with van der Waals surface area (Å²) >= 11 is 3.60. The summed E-state index contributed by atoms with van der Waals surface area (Å²) in [5.41, 5.74) is -0.00296. The molecular weight excluding hydrogens is 318 g/mol. The summed E-state index contributed by atoms with van der Waals surface area (Å²) in [6.07, 6.45) is 9.97. The first kappa shape index (κ1) is 16.3. The van der Waals surface area contributed by atoms with E-state index < -0.39 is 0 Å². The van der Waals surface area contributed by atoms with Crippen molar-refractivity contribution >= 4 is 21.8 Å². The zero-order valence-corrected chi connectivity index (χ0v) is 14.2. The quantitative estimate of drug-likeness (QED) is 0.769. The van der Waals surface area contributed by atoms with Crippen molar-refractivity contribution in [3.63, 3.8) is 0 Å². The number of nitrogens with one attached hydrogen (secondary N) is 1. The first-order valence-electron chi connectivity index (χ1n) is 8.12. The highest BCUT2D eigenvalue weighted by Gasteiger charge is 2.34. The number of carbonyl (C=O) groups is 1. The van der Waals surface area contributed by atoms with Gasteiger partial charge in [-0.25, -0.2) is 0 Å². The van der Waals surface area contributed by atoms with Crippen molar-refractivity contribution in [1.29, 1.82) is 0 Å². The average Bonchev–Trinajstić information content (AvgIpc) is 2.49. The van der Waals surface area contributed by atoms with Crippen LogP contribution >= 0.6 is 15.9 Å². The Morgan fingerprint density at radius 3 is 2.65 bits per heavy atom. The fourth-order valence-electron chi connectivity index (χ4n) is 3.29. The summed E-state index contributed by atoms with van der Waals surface area (Å²) < 4.78 is 5.69. The van der Waals surface area contributed by atoms with Gasteiger partial charge in [0.05, 0.1) is 6.10 Å². The van der Waals surface area contributed by atoms with Gasteiger partial charge in [-0.05, 0) is 57.3 Å². The van der Waals surface area contributed by atoms with Crippen LogP contribution in [0.1, 0.15) is 64.7 Å². The molecule has 2 rings (SSSR count). The molecule has 1 saturated heterocycles. The second-order valence-corrected chi connectivity index (χ2v) is 7.23. The summed E-state index contributed by atoms with van der Waals surface area (Å²) in [6.45, 7) is 3.18. The highest BCUT2D eigenvalue weighted by atomic mass is 79.9. The normalized spacial score (nSPS) is 34.7. The topological polar surface area (TPSA) is 38.3 Å². The third kappa shape index (κ3) is 4.73. The Labute approximate surface area is 131 Å². The molecule has 1 N–H and O–H groups in total. The van der Waals surface area contributed by atoms with E-state index in [-0.39, 0.29) is 11.4 Å². The SMILES string of the molecule is CC1CCC(CBr)(NC(=O)CCC2CCCCO2)CC1. The fourth-order valence-corrected chi connectivity index (χ4v) is 3.99. The molecule has 1 amide bonds. The Morgan fingerprint density at radius 2 is 2.05 bits per heavy atom. The van der Waals surface area contributed by atoms with Gasteiger partial charge in [-0.3, -0.25) is 4.79 Å². The van der Waals surface area contributed by atoms with Gasteiger partial charge in [-0.15, -0.1) is 0 Å². The number of hydrogen-bond donors (Lipinski definition) is 1. The largest absolute Gasteiger partial charge is 0.378 e. The molecule has 1 aliphatic carbocycles. The zero-order valence-electron chi connectivity index (χ0n) is 12.6. The molecular formula is C16H28BrNO2. The molecule has 1 atom stereocenters. The van der Waals surface area contributed by atoms with Gasteiger partial charge in [0.1, 0.15) is 0 Å². The number of ether oxygens (including phenoxy) is 1. The van der Waals surface area contributed by atoms with E-state index in [0.717, 1.165) is 43.5 Å². The van der Waals surface area contributed by atoms with Gasteiger partial charge < -0.3 is 10.1 Å². The lowest BCUT2D eigenvalue weighted by Gasteiger charge is -2.39. The molecule has 20 heavy (non-hydrogen) atoms. The second kappa shape index (κ2) is 7.79. The minimum absolute atomic E-state index is 0.00296. The minimum atomic E-state index is -0.00296. The molecule has 116 valence electrons. The Kier molecular flexibility index (Phi) is 6.34. The van der Waals surface area contributed by atoms with Crippen LogP contribution in [0.5, 0.6) is 0 Å². The van der Waals surface area contributed by atoms with Gasteiger partial charge in [-0.1, -0.05) is 22.9 Å². The molecule has 2 aliphatic rings. The Bertz CT molecular complexity index is 308. The van der Waals surface area contributed by atoms with Crippen molar-refractivity contribution in [3.05, 3.63) is 0 Å². The van der Waals surface area contributed by atoms with Crippen molar-refractivity contribution in [2.45, 2.75) is 76.4 Å². The van der Waals surface area contributed by atoms with Crippen molar-refractivity contribution in [2.75, 3.05) is 11.9 Å². The average molecular weight is 346 g/mol. The monoisotopic (exact) mass is 345 g/mol. The smallest absolute Gasteiger partial charge is 0.220 e. The first-order chi connectivity index (χ1) is 9.63. The van der Waals surface area contributed by atoms with Gasteiger partial charge >= 0.3 is 0 Å². The predicted molar refractivity (Wildman–Crippen MR) is 85.1 cm³/mol. The molecule has 3 nitrogen and oxygen atoms in total. The van der Waals surface area contributed by atoms with Crippen LogP contribution in [0.2, 0.25) is 0 Å². The highest BCUT2D eigenvalue weighted by molar-refractivity contribution is 9.09. The number of halogens is 1. The third-order valence-electron chi connectivity index (χ3n) is 4.86. The molecule has 2 fully saturated rings. The highest BCUT2D eigenvalue weighted by Crippen LogP contribution is 2.33. The molecule has 0 bridgehead atoms. The summed E-state index contributed by atoms with van der Waals surface area (Å²) in [4.78, 5) is 12.2. The van der Waals surface area contributed by atoms with E-state index in [1.807, 2.05) is 0 Å². The van der Waals surface area contributed by atoms with Crippen molar-refractivity contribution < 1.29 is 9.53 Å². The summed E-state index contributed by atoms with van der Waals surface area (Å²) in [5.74, 6) is 1.00. The molecule has 0 aromatic rings. The van der Waals surface area contributed by atoms with E-state index in [0.29, 0.717) is 12.5 Å². The van der Waals surface area contributed by atoms with E-state index >= 15 is 0 Å². The van der Waals surface area contributed by atoms with E-state index in [4.69, 9.17) is 4.74 Å². The predicted octanol–water partition coefficient (Wildman–Crippen LogP) is 3.80. The molecule has 0 radical (unpaired) electrons. The second-order valence-electron chi connectivity index (χ2n) is 6.67. The van der Waals surface area contributed by atoms with Crippen LogP contribution in [-0.2, 0) is 9.53 Å². The van der Waals surface area contributed by atoms with Crippen LogP contribution < -0.4 is 5.32 Å². The van der Waals surface area contributed by atoms with Crippen LogP contribution in [0.3, 0.4) is 0 Å². The maximum Gasteiger partial charge on any atom is 0.220 e. The van der Waals surface area contributed by atoms with Gasteiger partial charge in [0, 0.05) is 23.9 Å². The van der Waals surface area contributed by atoms with Gasteiger partial charge in [0.15, 0.2) is 0 Å². The molecule has 0 aromatic carbocycles. The zero-order chi connectivity index (χ0) is 14.4. The number of hydrogen-bond acceptors (Lipinski definition) is 2. The summed E-state index contributed by atoms with van der Waals surface area (Å²) in [5, 5.41) is 4.17. The van der Waals surface area contributed by atoms with Crippen LogP contribution in [0.25, 0.3) is 0 Å². The van der Waals surface area contributed by atoms with Gasteiger partial charge in [0.25, 0.3) is 0 Å². The van der Waals surface area contributed by atoms with E-state index in [1.165, 1.54) is 25.7 Å². The van der Waals surface area contributed by atoms with Crippen molar-refractivity contribution in [1.82, 2.24) is 5.32 Å². The Hall–Kier alpha value is -0.0900. The minimum Gasteiger partial charge on any atom is -0.378 e. The number of amides is 1. The lowest BCUT2D eigenvalue weighted by atomic mass is 9.78. The van der Waals surface area contributed by atoms with Crippen molar-refractivity contribution in [3.8, 4) is 0 Å². The number of carbonyl (C=O) groups excluding carboxylic acids is 1. The Balaban J connectivity index is 1.74. The summed E-state index contributed by atoms with van der Waals surface area (Å²) in [6, 6.07) is 0. The molecule has 0 aromatic heterocycles. The lowest BCUT2D eigenvalue weighted by Crippen LogP contribution is -2.52. The molecule has 4 heteroatoms. The van der Waals surface area contributed by atoms with Gasteiger partial charge in [-0.2, -0.15) is 0 Å². The third-order valence-corrected chi connectivity index (χ3v) is 5.93. The van der Waals surface area contributed by atoms with E-state index in [9.17, 15) is 4.79 Å². The van der Waals surface area contributed by atoms with Crippen LogP contribution in [0.15, 0.2) is 0 Å². The molecule has 1 heterocycles. The molecule has 1 unspecified atom stereocenters. The van der Waals surface area contributed by atoms with Crippen LogP contribution in [-0.4, -0.2) is 29.5 Å². The van der Waals surface area contributed by atoms with Crippen LogP contribution in [0, 0.1) is 5.92 Å². The summed E-state index contributed by atoms with van der Waals surface area (Å²) in [7, 11) is 0. The number of rotatable bonds is 5.